The number of amides is 1. The number of hydrogen-bond acceptors (Lipinski definition) is 3. The maximum atomic E-state index is 12.2. The average Bonchev–Trinajstić information content (AvgIpc) is 2.35. The van der Waals surface area contributed by atoms with Crippen LogP contribution in [0, 0.1) is 11.3 Å². The number of nitriles is 1. The van der Waals surface area contributed by atoms with E-state index in [1.54, 1.807) is 17.0 Å². The molecule has 2 unspecified atom stereocenters. The fourth-order valence-electron chi connectivity index (χ4n) is 2.11. The summed E-state index contributed by atoms with van der Waals surface area (Å²) < 4.78 is 0. The largest absolute Gasteiger partial charge is 0.309 e. The number of benzene rings is 1. The minimum atomic E-state index is -0.422. The molecule has 1 fully saturated rings. The lowest BCUT2D eigenvalue weighted by Gasteiger charge is -2.36. The van der Waals surface area contributed by atoms with Crippen molar-refractivity contribution in [3.8, 4) is 6.07 Å². The second-order valence-electron chi connectivity index (χ2n) is 4.41. The van der Waals surface area contributed by atoms with Crippen molar-refractivity contribution in [2.45, 2.75) is 25.4 Å². The van der Waals surface area contributed by atoms with E-state index in [2.05, 4.69) is 5.32 Å². The van der Waals surface area contributed by atoms with Crippen LogP contribution in [0.1, 0.15) is 13.3 Å². The summed E-state index contributed by atoms with van der Waals surface area (Å²) in [5, 5.41) is 12.5. The summed E-state index contributed by atoms with van der Waals surface area (Å²) in [6, 6.07) is 8.94. The van der Waals surface area contributed by atoms with E-state index in [1.165, 1.54) is 0 Å². The first-order valence-corrected chi connectivity index (χ1v) is 6.19. The number of nitrogens with one attached hydrogen (secondary N) is 1. The summed E-state index contributed by atoms with van der Waals surface area (Å²) in [6.45, 7) is 2.60. The Hall–Kier alpha value is -1.57. The van der Waals surface area contributed by atoms with Crippen LogP contribution in [-0.4, -0.2) is 24.5 Å². The zero-order valence-electron chi connectivity index (χ0n) is 10.1. The molecule has 2 atom stereocenters. The monoisotopic (exact) mass is 263 g/mol. The van der Waals surface area contributed by atoms with Gasteiger partial charge in [0.1, 0.15) is 6.04 Å². The van der Waals surface area contributed by atoms with Crippen molar-refractivity contribution in [3.63, 3.8) is 0 Å². The predicted octanol–water partition coefficient (Wildman–Crippen LogP) is 1.95. The molecule has 0 spiro atoms. The van der Waals surface area contributed by atoms with Gasteiger partial charge in [0.05, 0.1) is 12.5 Å². The van der Waals surface area contributed by atoms with Crippen LogP contribution in [0.3, 0.4) is 0 Å². The number of halogens is 1. The first-order valence-electron chi connectivity index (χ1n) is 5.81. The molecule has 0 aliphatic carbocycles. The Morgan fingerprint density at radius 1 is 1.50 bits per heavy atom. The molecule has 1 aliphatic rings. The van der Waals surface area contributed by atoms with Gasteiger partial charge in [-0.2, -0.15) is 5.26 Å². The number of piperazine rings is 1. The molecular formula is C13H14ClN3O. The molecule has 1 aromatic carbocycles. The summed E-state index contributed by atoms with van der Waals surface area (Å²) in [4.78, 5) is 13.9. The van der Waals surface area contributed by atoms with Crippen LogP contribution in [0.15, 0.2) is 24.3 Å². The van der Waals surface area contributed by atoms with Crippen molar-refractivity contribution in [2.75, 3.05) is 11.4 Å². The van der Waals surface area contributed by atoms with Crippen LogP contribution in [0.25, 0.3) is 0 Å². The van der Waals surface area contributed by atoms with Crippen LogP contribution >= 0.6 is 11.6 Å². The molecule has 5 heteroatoms. The standard InChI is InChI=1S/C13H14ClN3O/c1-9-8-17(11-4-2-10(14)3-5-11)13(18)12(16-9)6-7-15/h2-5,9,12,16H,6,8H2,1H3. The lowest BCUT2D eigenvalue weighted by molar-refractivity contribution is -0.122. The molecule has 0 radical (unpaired) electrons. The number of carbonyl (C=O) groups is 1. The van der Waals surface area contributed by atoms with Crippen LogP contribution < -0.4 is 10.2 Å². The van der Waals surface area contributed by atoms with Gasteiger partial charge in [-0.25, -0.2) is 0 Å². The first kappa shape index (κ1) is 12.9. The molecule has 1 N–H and O–H groups in total. The van der Waals surface area contributed by atoms with Crippen molar-refractivity contribution in [1.29, 1.82) is 5.26 Å². The Balaban J connectivity index is 2.23. The van der Waals surface area contributed by atoms with Gasteiger partial charge in [0.15, 0.2) is 0 Å². The van der Waals surface area contributed by atoms with Crippen LogP contribution in [0.4, 0.5) is 5.69 Å². The summed E-state index contributed by atoms with van der Waals surface area (Å²) in [6.07, 6.45) is 0.188. The van der Waals surface area contributed by atoms with E-state index in [-0.39, 0.29) is 18.4 Å². The van der Waals surface area contributed by atoms with E-state index in [9.17, 15) is 4.79 Å². The zero-order valence-corrected chi connectivity index (χ0v) is 10.8. The van der Waals surface area contributed by atoms with Crippen molar-refractivity contribution >= 4 is 23.2 Å². The molecule has 1 aromatic rings. The van der Waals surface area contributed by atoms with Crippen molar-refractivity contribution < 1.29 is 4.79 Å². The Kier molecular flexibility index (Phi) is 3.85. The van der Waals surface area contributed by atoms with E-state index in [0.717, 1.165) is 5.69 Å². The molecular weight excluding hydrogens is 250 g/mol. The SMILES string of the molecule is CC1CN(c2ccc(Cl)cc2)C(=O)C(CC#N)N1. The van der Waals surface area contributed by atoms with E-state index >= 15 is 0 Å². The quantitative estimate of drug-likeness (QED) is 0.887. The minimum absolute atomic E-state index is 0.0584. The average molecular weight is 264 g/mol. The van der Waals surface area contributed by atoms with Crippen molar-refractivity contribution in [3.05, 3.63) is 29.3 Å². The maximum Gasteiger partial charge on any atom is 0.245 e. The second kappa shape index (κ2) is 5.38. The number of carbonyl (C=O) groups excluding carboxylic acids is 1. The Bertz CT molecular complexity index is 480. The third kappa shape index (κ3) is 2.63. The van der Waals surface area contributed by atoms with Crippen molar-refractivity contribution in [1.82, 2.24) is 5.32 Å². The van der Waals surface area contributed by atoms with Gasteiger partial charge in [-0.05, 0) is 31.2 Å². The normalized spacial score (nSPS) is 23.8. The minimum Gasteiger partial charge on any atom is -0.309 e. The van der Waals surface area contributed by atoms with Crippen molar-refractivity contribution in [2.24, 2.45) is 0 Å². The summed E-state index contributed by atoms with van der Waals surface area (Å²) in [5.41, 5.74) is 0.820. The van der Waals surface area contributed by atoms with E-state index in [1.807, 2.05) is 25.1 Å². The highest BCUT2D eigenvalue weighted by atomic mass is 35.5. The van der Waals surface area contributed by atoms with Gasteiger partial charge in [0, 0.05) is 23.3 Å². The molecule has 0 aromatic heterocycles. The fourth-order valence-corrected chi connectivity index (χ4v) is 2.24. The Morgan fingerprint density at radius 3 is 2.78 bits per heavy atom. The van der Waals surface area contributed by atoms with Crippen LogP contribution in [0.5, 0.6) is 0 Å². The molecule has 1 heterocycles. The Morgan fingerprint density at radius 2 is 2.17 bits per heavy atom. The van der Waals surface area contributed by atoms with Gasteiger partial charge >= 0.3 is 0 Å². The fraction of sp³-hybridized carbons (Fsp3) is 0.385. The number of hydrogen-bond donors (Lipinski definition) is 1. The predicted molar refractivity (Wildman–Crippen MR) is 70.4 cm³/mol. The second-order valence-corrected chi connectivity index (χ2v) is 4.84. The molecule has 1 saturated heterocycles. The first-order chi connectivity index (χ1) is 8.61. The molecule has 94 valence electrons. The molecule has 0 saturated carbocycles. The highest BCUT2D eigenvalue weighted by Crippen LogP contribution is 2.21. The van der Waals surface area contributed by atoms with E-state index < -0.39 is 6.04 Å². The highest BCUT2D eigenvalue weighted by Gasteiger charge is 2.32. The topological polar surface area (TPSA) is 56.1 Å². The molecule has 1 aliphatic heterocycles. The summed E-state index contributed by atoms with van der Waals surface area (Å²) in [5.74, 6) is -0.0584. The van der Waals surface area contributed by atoms with E-state index in [4.69, 9.17) is 16.9 Å². The van der Waals surface area contributed by atoms with Crippen LogP contribution in [0.2, 0.25) is 5.02 Å². The third-order valence-corrected chi connectivity index (χ3v) is 3.19. The zero-order chi connectivity index (χ0) is 13.1. The summed E-state index contributed by atoms with van der Waals surface area (Å²) >= 11 is 5.84. The molecule has 0 bridgehead atoms. The number of nitrogens with zero attached hydrogens (tertiary/aromatic N) is 2. The van der Waals surface area contributed by atoms with Gasteiger partial charge < -0.3 is 10.2 Å². The summed E-state index contributed by atoms with van der Waals surface area (Å²) in [7, 11) is 0. The Labute approximate surface area is 111 Å². The number of anilines is 1. The maximum absolute atomic E-state index is 12.2. The number of rotatable bonds is 2. The van der Waals surface area contributed by atoms with Gasteiger partial charge in [0.25, 0.3) is 0 Å². The third-order valence-electron chi connectivity index (χ3n) is 2.94. The molecule has 1 amide bonds. The van der Waals surface area contributed by atoms with Gasteiger partial charge in [-0.3, -0.25) is 4.79 Å². The highest BCUT2D eigenvalue weighted by molar-refractivity contribution is 6.30. The lowest BCUT2D eigenvalue weighted by atomic mass is 10.1. The molecule has 18 heavy (non-hydrogen) atoms. The lowest BCUT2D eigenvalue weighted by Crippen LogP contribution is -2.59. The smallest absolute Gasteiger partial charge is 0.245 e. The molecule has 2 rings (SSSR count). The van der Waals surface area contributed by atoms with Gasteiger partial charge in [-0.1, -0.05) is 11.6 Å². The van der Waals surface area contributed by atoms with E-state index in [0.29, 0.717) is 11.6 Å². The van der Waals surface area contributed by atoms with Gasteiger partial charge in [-0.15, -0.1) is 0 Å². The molecule has 4 nitrogen and oxygen atoms in total. The van der Waals surface area contributed by atoms with Crippen LogP contribution in [-0.2, 0) is 4.79 Å². The van der Waals surface area contributed by atoms with Gasteiger partial charge in [0.2, 0.25) is 5.91 Å².